The van der Waals surface area contributed by atoms with E-state index >= 15 is 0 Å². The molecular formula is C9H6ClN5O3S. The van der Waals surface area contributed by atoms with Gasteiger partial charge in [-0.3, -0.25) is 14.9 Å². The number of hydrogen-bond acceptors (Lipinski definition) is 7. The van der Waals surface area contributed by atoms with E-state index in [0.717, 1.165) is 23.7 Å². The van der Waals surface area contributed by atoms with Gasteiger partial charge in [0.05, 0.1) is 27.4 Å². The summed E-state index contributed by atoms with van der Waals surface area (Å²) < 4.78 is 3.57. The fourth-order valence-corrected chi connectivity index (χ4v) is 1.93. The summed E-state index contributed by atoms with van der Waals surface area (Å²) in [5.41, 5.74) is 5.22. The standard InChI is InChI=1S/C9H6ClN5O3S/c10-6-2-4(15(17)18)1-5(8(6)11)9(16)13-7-3-12-14-19-7/h1-3H,11H2,(H,13,16). The van der Waals surface area contributed by atoms with Gasteiger partial charge in [0, 0.05) is 23.7 Å². The average Bonchev–Trinajstić information content (AvgIpc) is 2.84. The highest BCUT2D eigenvalue weighted by Gasteiger charge is 2.19. The van der Waals surface area contributed by atoms with Gasteiger partial charge in [-0.1, -0.05) is 16.1 Å². The Morgan fingerprint density at radius 3 is 2.84 bits per heavy atom. The van der Waals surface area contributed by atoms with Crippen LogP contribution in [0.4, 0.5) is 16.4 Å². The van der Waals surface area contributed by atoms with Gasteiger partial charge in [0.15, 0.2) is 0 Å². The molecule has 0 atom stereocenters. The maximum Gasteiger partial charge on any atom is 0.271 e. The highest BCUT2D eigenvalue weighted by atomic mass is 35.5. The molecule has 3 N–H and O–H groups in total. The van der Waals surface area contributed by atoms with Gasteiger partial charge >= 0.3 is 0 Å². The predicted molar refractivity (Wildman–Crippen MR) is 70.4 cm³/mol. The third kappa shape index (κ3) is 2.77. The van der Waals surface area contributed by atoms with Crippen LogP contribution in [0.25, 0.3) is 0 Å². The van der Waals surface area contributed by atoms with E-state index in [1.807, 2.05) is 0 Å². The van der Waals surface area contributed by atoms with E-state index < -0.39 is 10.8 Å². The summed E-state index contributed by atoms with van der Waals surface area (Å²) in [5, 5.41) is 17.1. The summed E-state index contributed by atoms with van der Waals surface area (Å²) in [5.74, 6) is -0.617. The van der Waals surface area contributed by atoms with Crippen molar-refractivity contribution in [3.63, 3.8) is 0 Å². The molecule has 0 bridgehead atoms. The first-order chi connectivity index (χ1) is 8.99. The van der Waals surface area contributed by atoms with Crippen molar-refractivity contribution in [2.45, 2.75) is 0 Å². The van der Waals surface area contributed by atoms with Crippen molar-refractivity contribution in [1.82, 2.24) is 9.59 Å². The first-order valence-electron chi connectivity index (χ1n) is 4.81. The predicted octanol–water partition coefficient (Wildman–Crippen LogP) is 1.93. The number of hydrogen-bond donors (Lipinski definition) is 2. The lowest BCUT2D eigenvalue weighted by Gasteiger charge is -2.06. The third-order valence-electron chi connectivity index (χ3n) is 2.17. The molecule has 8 nitrogen and oxygen atoms in total. The van der Waals surface area contributed by atoms with Crippen LogP contribution in [0.3, 0.4) is 0 Å². The second-order valence-electron chi connectivity index (χ2n) is 3.38. The molecule has 0 saturated heterocycles. The Hall–Kier alpha value is -2.26. The number of anilines is 2. The van der Waals surface area contributed by atoms with E-state index in [1.165, 1.54) is 6.20 Å². The van der Waals surface area contributed by atoms with E-state index in [2.05, 4.69) is 14.9 Å². The number of nitrogens with zero attached hydrogens (tertiary/aromatic N) is 3. The van der Waals surface area contributed by atoms with E-state index in [9.17, 15) is 14.9 Å². The van der Waals surface area contributed by atoms with E-state index in [0.29, 0.717) is 5.00 Å². The molecule has 0 fully saturated rings. The van der Waals surface area contributed by atoms with Crippen LogP contribution in [0.15, 0.2) is 18.3 Å². The summed E-state index contributed by atoms with van der Waals surface area (Å²) in [6.07, 6.45) is 1.34. The number of aromatic nitrogens is 2. The number of amides is 1. The minimum Gasteiger partial charge on any atom is -0.397 e. The summed E-state index contributed by atoms with van der Waals surface area (Å²) in [6, 6.07) is 2.15. The molecular weight excluding hydrogens is 294 g/mol. The lowest BCUT2D eigenvalue weighted by Crippen LogP contribution is -2.14. The Kier molecular flexibility index (Phi) is 3.58. The SMILES string of the molecule is Nc1c(Cl)cc([N+](=O)[O-])cc1C(=O)Nc1cnns1. The number of nitro groups is 1. The van der Waals surface area contributed by atoms with Gasteiger partial charge in [0.25, 0.3) is 11.6 Å². The molecule has 98 valence electrons. The fraction of sp³-hybridized carbons (Fsp3) is 0. The van der Waals surface area contributed by atoms with Gasteiger partial charge in [-0.25, -0.2) is 0 Å². The summed E-state index contributed by atoms with van der Waals surface area (Å²) in [7, 11) is 0. The van der Waals surface area contributed by atoms with Crippen LogP contribution in [-0.4, -0.2) is 20.4 Å². The van der Waals surface area contributed by atoms with Crippen LogP contribution in [0.1, 0.15) is 10.4 Å². The van der Waals surface area contributed by atoms with E-state index in [1.54, 1.807) is 0 Å². The Bertz CT molecular complexity index is 646. The molecule has 2 rings (SSSR count). The number of benzene rings is 1. The van der Waals surface area contributed by atoms with Crippen LogP contribution in [0.5, 0.6) is 0 Å². The summed E-state index contributed by atoms with van der Waals surface area (Å²) in [6.45, 7) is 0. The molecule has 0 saturated carbocycles. The number of nitrogens with two attached hydrogens (primary N) is 1. The first kappa shape index (κ1) is 13.2. The van der Waals surface area contributed by atoms with E-state index in [-0.39, 0.29) is 22.0 Å². The largest absolute Gasteiger partial charge is 0.397 e. The molecule has 2 aromatic rings. The Labute approximate surface area is 115 Å². The second-order valence-corrected chi connectivity index (χ2v) is 4.57. The van der Waals surface area contributed by atoms with Gasteiger partial charge in [0.1, 0.15) is 5.00 Å². The average molecular weight is 300 g/mol. The van der Waals surface area contributed by atoms with Crippen molar-refractivity contribution in [2.75, 3.05) is 11.1 Å². The van der Waals surface area contributed by atoms with Crippen molar-refractivity contribution >= 4 is 45.4 Å². The number of nitro benzene ring substituents is 1. The van der Waals surface area contributed by atoms with Gasteiger partial charge in [-0.2, -0.15) is 0 Å². The van der Waals surface area contributed by atoms with Gasteiger partial charge in [0.2, 0.25) is 0 Å². The van der Waals surface area contributed by atoms with Crippen LogP contribution >= 0.6 is 23.1 Å². The maximum absolute atomic E-state index is 11.9. The molecule has 1 heterocycles. The van der Waals surface area contributed by atoms with Crippen LogP contribution in [-0.2, 0) is 0 Å². The lowest BCUT2D eigenvalue weighted by atomic mass is 10.1. The number of nitrogens with one attached hydrogen (secondary N) is 1. The zero-order valence-corrected chi connectivity index (χ0v) is 10.7. The Morgan fingerprint density at radius 2 is 2.26 bits per heavy atom. The molecule has 0 unspecified atom stereocenters. The number of rotatable bonds is 3. The summed E-state index contributed by atoms with van der Waals surface area (Å²) in [4.78, 5) is 22.0. The monoisotopic (exact) mass is 299 g/mol. The third-order valence-corrected chi connectivity index (χ3v) is 3.06. The first-order valence-corrected chi connectivity index (χ1v) is 5.96. The number of carbonyl (C=O) groups excluding carboxylic acids is 1. The number of carbonyl (C=O) groups is 1. The molecule has 0 aliphatic carbocycles. The number of halogens is 1. The zero-order chi connectivity index (χ0) is 14.0. The minimum absolute atomic E-state index is 0.0257. The number of nitrogen functional groups attached to an aromatic ring is 1. The summed E-state index contributed by atoms with van der Waals surface area (Å²) >= 11 is 6.72. The molecule has 1 aromatic carbocycles. The van der Waals surface area contributed by atoms with Crippen LogP contribution < -0.4 is 11.1 Å². The van der Waals surface area contributed by atoms with Gasteiger partial charge in [-0.15, -0.1) is 5.10 Å². The molecule has 1 amide bonds. The molecule has 10 heteroatoms. The minimum atomic E-state index is -0.656. The van der Waals surface area contributed by atoms with Crippen LogP contribution in [0.2, 0.25) is 5.02 Å². The van der Waals surface area contributed by atoms with Crippen LogP contribution in [0, 0.1) is 10.1 Å². The Balaban J connectivity index is 2.38. The highest BCUT2D eigenvalue weighted by Crippen LogP contribution is 2.29. The highest BCUT2D eigenvalue weighted by molar-refractivity contribution is 7.10. The molecule has 19 heavy (non-hydrogen) atoms. The topological polar surface area (TPSA) is 124 Å². The van der Waals surface area contributed by atoms with Crippen molar-refractivity contribution in [2.24, 2.45) is 0 Å². The van der Waals surface area contributed by atoms with Crippen molar-refractivity contribution in [3.8, 4) is 0 Å². The van der Waals surface area contributed by atoms with Crippen molar-refractivity contribution in [1.29, 1.82) is 0 Å². The maximum atomic E-state index is 11.9. The quantitative estimate of drug-likeness (QED) is 0.507. The molecule has 1 aromatic heterocycles. The van der Waals surface area contributed by atoms with Gasteiger partial charge in [-0.05, 0) is 0 Å². The van der Waals surface area contributed by atoms with Crippen molar-refractivity contribution in [3.05, 3.63) is 39.0 Å². The molecule has 0 spiro atoms. The Morgan fingerprint density at radius 1 is 1.53 bits per heavy atom. The number of non-ortho nitro benzene ring substituents is 1. The molecule has 0 aliphatic rings. The normalized spacial score (nSPS) is 10.2. The van der Waals surface area contributed by atoms with Gasteiger partial charge < -0.3 is 11.1 Å². The zero-order valence-electron chi connectivity index (χ0n) is 9.16. The molecule has 0 radical (unpaired) electrons. The second kappa shape index (κ2) is 5.16. The smallest absolute Gasteiger partial charge is 0.271 e. The van der Waals surface area contributed by atoms with E-state index in [4.69, 9.17) is 17.3 Å². The fourth-order valence-electron chi connectivity index (χ4n) is 1.30. The molecule has 0 aliphatic heterocycles. The lowest BCUT2D eigenvalue weighted by molar-refractivity contribution is -0.384. The van der Waals surface area contributed by atoms with Crippen molar-refractivity contribution < 1.29 is 9.72 Å².